The summed E-state index contributed by atoms with van der Waals surface area (Å²) in [6.07, 6.45) is 9.39. The van der Waals surface area contributed by atoms with Gasteiger partial charge >= 0.3 is 0 Å². The van der Waals surface area contributed by atoms with Crippen molar-refractivity contribution in [3.8, 4) is 0 Å². The molecule has 20 heavy (non-hydrogen) atoms. The molecule has 1 N–H and O–H groups in total. The molecule has 1 aromatic carbocycles. The Kier molecular flexibility index (Phi) is 4.12. The van der Waals surface area contributed by atoms with Gasteiger partial charge in [-0.2, -0.15) is 0 Å². The summed E-state index contributed by atoms with van der Waals surface area (Å²) in [4.78, 5) is 4.70. The molecule has 1 aromatic heterocycles. The lowest BCUT2D eigenvalue weighted by Crippen LogP contribution is -2.24. The summed E-state index contributed by atoms with van der Waals surface area (Å²) in [7, 11) is 0. The molecule has 2 heteroatoms. The normalized spacial score (nSPS) is 16.9. The summed E-state index contributed by atoms with van der Waals surface area (Å²) < 4.78 is 0. The van der Waals surface area contributed by atoms with E-state index >= 15 is 0 Å². The molecule has 2 nitrogen and oxygen atoms in total. The first-order chi connectivity index (χ1) is 9.90. The Morgan fingerprint density at radius 1 is 1.20 bits per heavy atom. The van der Waals surface area contributed by atoms with Crippen LogP contribution in [0.15, 0.2) is 48.2 Å². The molecule has 0 bridgehead atoms. The van der Waals surface area contributed by atoms with Crippen LogP contribution < -0.4 is 5.32 Å². The number of allylic oxidation sites excluding steroid dienone is 1. The molecule has 1 heterocycles. The van der Waals surface area contributed by atoms with Gasteiger partial charge in [0.2, 0.25) is 0 Å². The second kappa shape index (κ2) is 6.19. The molecule has 0 aliphatic heterocycles. The Labute approximate surface area is 120 Å². The lowest BCUT2D eigenvalue weighted by molar-refractivity contribution is 0.557. The predicted octanol–water partition coefficient (Wildman–Crippen LogP) is 4.39. The number of nitrogens with zero attached hydrogens (tertiary/aromatic N) is 1. The topological polar surface area (TPSA) is 24.9 Å². The molecule has 2 aromatic rings. The highest BCUT2D eigenvalue weighted by atomic mass is 14.9. The zero-order valence-electron chi connectivity index (χ0n) is 12.1. The van der Waals surface area contributed by atoms with E-state index in [2.05, 4.69) is 48.6 Å². The van der Waals surface area contributed by atoms with Gasteiger partial charge in [-0.25, -0.2) is 0 Å². The Bertz CT molecular complexity index is 610. The minimum atomic E-state index is 0.270. The average Bonchev–Trinajstić information content (AvgIpc) is 2.53. The predicted molar refractivity (Wildman–Crippen MR) is 84.7 cm³/mol. The maximum absolute atomic E-state index is 4.70. The van der Waals surface area contributed by atoms with Crippen LogP contribution in [0.5, 0.6) is 0 Å². The second-order valence-electron chi connectivity index (χ2n) is 5.43. The van der Waals surface area contributed by atoms with Gasteiger partial charge in [0.1, 0.15) is 0 Å². The average molecular weight is 266 g/mol. The first kappa shape index (κ1) is 13.3. The second-order valence-corrected chi connectivity index (χ2v) is 5.43. The van der Waals surface area contributed by atoms with Crippen LogP contribution in [0.4, 0.5) is 0 Å². The summed E-state index contributed by atoms with van der Waals surface area (Å²) in [6.45, 7) is 3.13. The maximum Gasteiger partial charge on any atom is 0.0717 e. The van der Waals surface area contributed by atoms with Gasteiger partial charge in [0.05, 0.1) is 11.7 Å². The summed E-state index contributed by atoms with van der Waals surface area (Å²) >= 11 is 0. The van der Waals surface area contributed by atoms with E-state index in [-0.39, 0.29) is 6.04 Å². The van der Waals surface area contributed by atoms with Crippen molar-refractivity contribution in [1.82, 2.24) is 10.3 Å². The van der Waals surface area contributed by atoms with Crippen molar-refractivity contribution < 1.29 is 0 Å². The van der Waals surface area contributed by atoms with E-state index in [0.29, 0.717) is 0 Å². The van der Waals surface area contributed by atoms with E-state index in [4.69, 9.17) is 4.98 Å². The van der Waals surface area contributed by atoms with E-state index in [0.717, 1.165) is 6.54 Å². The number of hydrogen-bond acceptors (Lipinski definition) is 2. The van der Waals surface area contributed by atoms with Crippen LogP contribution in [0.1, 0.15) is 44.3 Å². The van der Waals surface area contributed by atoms with Gasteiger partial charge in [0, 0.05) is 11.6 Å². The highest BCUT2D eigenvalue weighted by Gasteiger charge is 2.20. The van der Waals surface area contributed by atoms with Crippen molar-refractivity contribution in [2.45, 2.75) is 38.6 Å². The third kappa shape index (κ3) is 2.61. The Hall–Kier alpha value is -1.67. The van der Waals surface area contributed by atoms with Gasteiger partial charge in [-0.3, -0.25) is 4.98 Å². The molecule has 0 amide bonds. The summed E-state index contributed by atoms with van der Waals surface area (Å²) in [5, 5.41) is 6.18. The zero-order chi connectivity index (χ0) is 13.8. The van der Waals surface area contributed by atoms with Crippen molar-refractivity contribution in [1.29, 1.82) is 0 Å². The molecule has 104 valence electrons. The SMILES string of the molecule is CCNC(C1=CCCCC1)c1nccc2ccccc12. The van der Waals surface area contributed by atoms with Crippen molar-refractivity contribution >= 4 is 10.8 Å². The van der Waals surface area contributed by atoms with Gasteiger partial charge in [0.15, 0.2) is 0 Å². The Morgan fingerprint density at radius 2 is 2.10 bits per heavy atom. The molecule has 0 radical (unpaired) electrons. The first-order valence-electron chi connectivity index (χ1n) is 7.66. The molecule has 0 fully saturated rings. The molecular formula is C18H22N2. The number of benzene rings is 1. The fourth-order valence-electron chi connectivity index (χ4n) is 3.11. The van der Waals surface area contributed by atoms with Crippen LogP contribution >= 0.6 is 0 Å². The van der Waals surface area contributed by atoms with Crippen molar-refractivity contribution in [2.24, 2.45) is 0 Å². The van der Waals surface area contributed by atoms with Crippen LogP contribution in [0.25, 0.3) is 10.8 Å². The smallest absolute Gasteiger partial charge is 0.0717 e. The van der Waals surface area contributed by atoms with E-state index in [1.165, 1.54) is 47.7 Å². The van der Waals surface area contributed by atoms with Gasteiger partial charge in [-0.1, -0.05) is 42.8 Å². The number of fused-ring (bicyclic) bond motifs is 1. The lowest BCUT2D eigenvalue weighted by atomic mass is 9.90. The molecule has 1 atom stereocenters. The monoisotopic (exact) mass is 266 g/mol. The van der Waals surface area contributed by atoms with Gasteiger partial charge < -0.3 is 5.32 Å². The number of likely N-dealkylation sites (N-methyl/N-ethyl adjacent to an activating group) is 1. The highest BCUT2D eigenvalue weighted by molar-refractivity contribution is 5.85. The summed E-state index contributed by atoms with van der Waals surface area (Å²) in [6, 6.07) is 10.9. The quantitative estimate of drug-likeness (QED) is 0.830. The van der Waals surface area contributed by atoms with Gasteiger partial charge in [-0.05, 0) is 43.7 Å². The number of aromatic nitrogens is 1. The molecule has 0 spiro atoms. The van der Waals surface area contributed by atoms with Crippen LogP contribution in [0, 0.1) is 0 Å². The molecule has 3 rings (SSSR count). The van der Waals surface area contributed by atoms with Gasteiger partial charge in [0.25, 0.3) is 0 Å². The molecule has 0 saturated heterocycles. The number of pyridine rings is 1. The lowest BCUT2D eigenvalue weighted by Gasteiger charge is -2.24. The molecule has 1 aliphatic carbocycles. The fraction of sp³-hybridized carbons (Fsp3) is 0.389. The van der Waals surface area contributed by atoms with Crippen LogP contribution in [-0.2, 0) is 0 Å². The largest absolute Gasteiger partial charge is 0.305 e. The van der Waals surface area contributed by atoms with Crippen molar-refractivity contribution in [2.75, 3.05) is 6.54 Å². The number of hydrogen-bond donors (Lipinski definition) is 1. The van der Waals surface area contributed by atoms with E-state index in [1.807, 2.05) is 6.20 Å². The third-order valence-corrected chi connectivity index (χ3v) is 4.08. The molecule has 1 aliphatic rings. The first-order valence-corrected chi connectivity index (χ1v) is 7.66. The minimum absolute atomic E-state index is 0.270. The van der Waals surface area contributed by atoms with Crippen LogP contribution in [-0.4, -0.2) is 11.5 Å². The Balaban J connectivity index is 2.07. The molecular weight excluding hydrogens is 244 g/mol. The number of rotatable bonds is 4. The van der Waals surface area contributed by atoms with Crippen molar-refractivity contribution in [3.05, 3.63) is 53.9 Å². The van der Waals surface area contributed by atoms with E-state index in [9.17, 15) is 0 Å². The fourth-order valence-corrected chi connectivity index (χ4v) is 3.11. The third-order valence-electron chi connectivity index (χ3n) is 4.08. The van der Waals surface area contributed by atoms with Crippen molar-refractivity contribution in [3.63, 3.8) is 0 Å². The summed E-state index contributed by atoms with van der Waals surface area (Å²) in [5.74, 6) is 0. The molecule has 1 unspecified atom stereocenters. The standard InChI is InChI=1S/C18H22N2/c1-2-19-17(15-9-4-3-5-10-15)18-16-11-7-6-8-14(16)12-13-20-18/h6-9,11-13,17,19H,2-5,10H2,1H3. The molecule has 0 saturated carbocycles. The van der Waals surface area contributed by atoms with Gasteiger partial charge in [-0.15, -0.1) is 0 Å². The van der Waals surface area contributed by atoms with Crippen LogP contribution in [0.2, 0.25) is 0 Å². The highest BCUT2D eigenvalue weighted by Crippen LogP contribution is 2.32. The minimum Gasteiger partial charge on any atom is -0.305 e. The zero-order valence-corrected chi connectivity index (χ0v) is 12.1. The number of nitrogens with one attached hydrogen (secondary N) is 1. The van der Waals surface area contributed by atoms with E-state index in [1.54, 1.807) is 0 Å². The Morgan fingerprint density at radius 3 is 2.90 bits per heavy atom. The summed E-state index contributed by atoms with van der Waals surface area (Å²) in [5.41, 5.74) is 2.69. The maximum atomic E-state index is 4.70. The van der Waals surface area contributed by atoms with Crippen LogP contribution in [0.3, 0.4) is 0 Å². The van der Waals surface area contributed by atoms with E-state index < -0.39 is 0 Å².